The molecule has 0 bridgehead atoms. The monoisotopic (exact) mass is 362 g/mol. The number of carboxylic acids is 1. The highest BCUT2D eigenvalue weighted by Gasteiger charge is 1.95. The second-order valence-corrected chi connectivity index (χ2v) is 6.10. The van der Waals surface area contributed by atoms with Crippen LogP contribution in [0.3, 0.4) is 0 Å². The minimum atomic E-state index is -0.734. The van der Waals surface area contributed by atoms with E-state index in [0.717, 1.165) is 32.1 Å². The molecule has 0 aliphatic carbocycles. The van der Waals surface area contributed by atoms with E-state index in [1.807, 2.05) is 42.5 Å². The number of aliphatic carboxylic acids is 1. The van der Waals surface area contributed by atoms with Crippen molar-refractivity contribution < 1.29 is 20.1 Å². The number of hydrogen-bond acceptors (Lipinski definition) is 3. The first kappa shape index (κ1) is 24.1. The average Bonchev–Trinajstić information content (AvgIpc) is 2.60. The Morgan fingerprint density at radius 2 is 1.42 bits per heavy atom. The molecule has 26 heavy (non-hydrogen) atoms. The van der Waals surface area contributed by atoms with Gasteiger partial charge < -0.3 is 15.3 Å². The summed E-state index contributed by atoms with van der Waals surface area (Å²) in [5, 5.41) is 28.0. The molecule has 0 fully saturated rings. The highest BCUT2D eigenvalue weighted by atomic mass is 16.4. The lowest BCUT2D eigenvalue weighted by atomic mass is 10.1. The van der Waals surface area contributed by atoms with E-state index in [-0.39, 0.29) is 6.42 Å². The molecule has 0 aromatic carbocycles. The summed E-state index contributed by atoms with van der Waals surface area (Å²) in [5.74, 6) is -0.734. The zero-order chi connectivity index (χ0) is 19.5. The van der Waals surface area contributed by atoms with E-state index in [9.17, 15) is 15.0 Å². The van der Waals surface area contributed by atoms with Crippen molar-refractivity contribution in [2.24, 2.45) is 0 Å². The van der Waals surface area contributed by atoms with Crippen molar-refractivity contribution in [1.82, 2.24) is 0 Å². The molecule has 4 heteroatoms. The van der Waals surface area contributed by atoms with Gasteiger partial charge in [0.2, 0.25) is 0 Å². The molecule has 0 aliphatic heterocycles. The summed E-state index contributed by atoms with van der Waals surface area (Å²) < 4.78 is 0. The van der Waals surface area contributed by atoms with Crippen LogP contribution in [-0.4, -0.2) is 33.5 Å². The molecule has 0 radical (unpaired) electrons. The number of rotatable bonds is 15. The molecule has 0 aromatic rings. The highest BCUT2D eigenvalue weighted by Crippen LogP contribution is 2.04. The van der Waals surface area contributed by atoms with Crippen LogP contribution in [0.2, 0.25) is 0 Å². The van der Waals surface area contributed by atoms with Crippen LogP contribution in [0.1, 0.15) is 58.3 Å². The van der Waals surface area contributed by atoms with Crippen molar-refractivity contribution >= 4 is 5.97 Å². The maximum atomic E-state index is 10.4. The fraction of sp³-hybridized carbons (Fsp3) is 0.500. The Bertz CT molecular complexity index is 486. The first-order valence-electron chi connectivity index (χ1n) is 9.45. The maximum absolute atomic E-state index is 10.4. The lowest BCUT2D eigenvalue weighted by Crippen LogP contribution is -1.99. The predicted octanol–water partition coefficient (Wildman–Crippen LogP) is 4.71. The molecule has 0 saturated heterocycles. The van der Waals surface area contributed by atoms with Crippen LogP contribution in [0.5, 0.6) is 0 Å². The molecule has 3 N–H and O–H groups in total. The Hall–Kier alpha value is -1.91. The van der Waals surface area contributed by atoms with E-state index in [2.05, 4.69) is 6.92 Å². The number of unbranched alkanes of at least 4 members (excludes halogenated alkanes) is 3. The molecule has 146 valence electrons. The van der Waals surface area contributed by atoms with Gasteiger partial charge in [-0.3, -0.25) is 4.79 Å². The SMILES string of the molecule is CC/C=C\C[C@H](O)/C=C/C=C\C[C@H](O)/C=C/C=C\CCCCCC(=O)O. The molecule has 0 unspecified atom stereocenters. The largest absolute Gasteiger partial charge is 0.481 e. The maximum Gasteiger partial charge on any atom is 0.303 e. The Morgan fingerprint density at radius 1 is 0.808 bits per heavy atom. The van der Waals surface area contributed by atoms with E-state index in [4.69, 9.17) is 5.11 Å². The molecule has 0 spiro atoms. The summed E-state index contributed by atoms with van der Waals surface area (Å²) in [6, 6.07) is 0. The predicted molar refractivity (Wildman–Crippen MR) is 108 cm³/mol. The minimum Gasteiger partial charge on any atom is -0.481 e. The van der Waals surface area contributed by atoms with E-state index >= 15 is 0 Å². The fourth-order valence-electron chi connectivity index (χ4n) is 2.13. The van der Waals surface area contributed by atoms with Gasteiger partial charge in [-0.15, -0.1) is 0 Å². The number of carboxylic acid groups (broad SMARTS) is 1. The summed E-state index contributed by atoms with van der Waals surface area (Å²) in [6.45, 7) is 2.06. The van der Waals surface area contributed by atoms with E-state index in [0.29, 0.717) is 12.8 Å². The Labute approximate surface area is 157 Å². The summed E-state index contributed by atoms with van der Waals surface area (Å²) >= 11 is 0. The van der Waals surface area contributed by atoms with Gasteiger partial charge in [0, 0.05) is 6.42 Å². The summed E-state index contributed by atoms with van der Waals surface area (Å²) in [7, 11) is 0. The fourth-order valence-corrected chi connectivity index (χ4v) is 2.13. The normalized spacial score (nSPS) is 15.2. The number of carbonyl (C=O) groups is 1. The lowest BCUT2D eigenvalue weighted by molar-refractivity contribution is -0.137. The zero-order valence-corrected chi connectivity index (χ0v) is 15.8. The third-order valence-corrected chi connectivity index (χ3v) is 3.58. The van der Waals surface area contributed by atoms with Gasteiger partial charge in [-0.25, -0.2) is 0 Å². The van der Waals surface area contributed by atoms with Gasteiger partial charge in [-0.1, -0.05) is 74.1 Å². The van der Waals surface area contributed by atoms with Gasteiger partial charge in [0.05, 0.1) is 12.2 Å². The molecule has 0 aromatic heterocycles. The lowest BCUT2D eigenvalue weighted by Gasteiger charge is -2.00. The van der Waals surface area contributed by atoms with Crippen LogP contribution in [-0.2, 0) is 4.79 Å². The number of allylic oxidation sites excluding steroid dienone is 6. The van der Waals surface area contributed by atoms with Gasteiger partial charge in [-0.05, 0) is 38.5 Å². The standard InChI is InChI=1S/C22H34O4/c1-2-3-10-15-20(23)17-12-9-13-18-21(24)16-11-7-5-4-6-8-14-19-22(25)26/h3,5,7,9-13,16-17,20-21,23-24H,2,4,6,8,14-15,18-19H2,1H3,(H,25,26)/b7-5-,10-3-,13-9-,16-11+,17-12+/t20-,21+/m0/s1. The van der Waals surface area contributed by atoms with Crippen LogP contribution < -0.4 is 0 Å². The van der Waals surface area contributed by atoms with Crippen molar-refractivity contribution in [3.63, 3.8) is 0 Å². The van der Waals surface area contributed by atoms with Crippen LogP contribution in [0, 0.1) is 0 Å². The molecule has 0 saturated carbocycles. The number of aliphatic hydroxyl groups excluding tert-OH is 2. The minimum absolute atomic E-state index is 0.243. The molecule has 0 heterocycles. The zero-order valence-electron chi connectivity index (χ0n) is 15.8. The van der Waals surface area contributed by atoms with Crippen molar-refractivity contribution in [3.8, 4) is 0 Å². The van der Waals surface area contributed by atoms with Crippen LogP contribution in [0.4, 0.5) is 0 Å². The molecule has 0 rings (SSSR count). The van der Waals surface area contributed by atoms with Gasteiger partial charge in [0.15, 0.2) is 0 Å². The first-order chi connectivity index (χ1) is 12.6. The topological polar surface area (TPSA) is 77.8 Å². The van der Waals surface area contributed by atoms with E-state index < -0.39 is 18.2 Å². The van der Waals surface area contributed by atoms with Crippen molar-refractivity contribution in [1.29, 1.82) is 0 Å². The molecular weight excluding hydrogens is 328 g/mol. The van der Waals surface area contributed by atoms with Crippen molar-refractivity contribution in [2.75, 3.05) is 0 Å². The second-order valence-electron chi connectivity index (χ2n) is 6.10. The molecule has 4 nitrogen and oxygen atoms in total. The molecule has 0 amide bonds. The van der Waals surface area contributed by atoms with Crippen LogP contribution in [0.15, 0.2) is 60.8 Å². The second kappa shape index (κ2) is 17.9. The molecular formula is C22H34O4. The van der Waals surface area contributed by atoms with Gasteiger partial charge in [-0.2, -0.15) is 0 Å². The van der Waals surface area contributed by atoms with Gasteiger partial charge in [0.25, 0.3) is 0 Å². The van der Waals surface area contributed by atoms with Gasteiger partial charge in [0.1, 0.15) is 0 Å². The van der Waals surface area contributed by atoms with E-state index in [1.165, 1.54) is 0 Å². The number of aliphatic hydroxyl groups is 2. The molecule has 0 aliphatic rings. The van der Waals surface area contributed by atoms with Crippen LogP contribution >= 0.6 is 0 Å². The van der Waals surface area contributed by atoms with Crippen molar-refractivity contribution in [2.45, 2.75) is 70.5 Å². The molecule has 2 atom stereocenters. The Morgan fingerprint density at radius 3 is 2.04 bits per heavy atom. The smallest absolute Gasteiger partial charge is 0.303 e. The Kier molecular flexibility index (Phi) is 16.6. The summed E-state index contributed by atoms with van der Waals surface area (Å²) in [5.41, 5.74) is 0. The van der Waals surface area contributed by atoms with Crippen molar-refractivity contribution in [3.05, 3.63) is 60.8 Å². The quantitative estimate of drug-likeness (QED) is 0.224. The third kappa shape index (κ3) is 18.4. The average molecular weight is 363 g/mol. The highest BCUT2D eigenvalue weighted by molar-refractivity contribution is 5.66. The first-order valence-corrected chi connectivity index (χ1v) is 9.45. The van der Waals surface area contributed by atoms with Crippen LogP contribution in [0.25, 0.3) is 0 Å². The van der Waals surface area contributed by atoms with E-state index in [1.54, 1.807) is 18.2 Å². The Balaban J connectivity index is 3.78. The van der Waals surface area contributed by atoms with Gasteiger partial charge >= 0.3 is 5.97 Å². The number of hydrogen-bond donors (Lipinski definition) is 3. The summed E-state index contributed by atoms with van der Waals surface area (Å²) in [6.07, 6.45) is 23.6. The summed E-state index contributed by atoms with van der Waals surface area (Å²) in [4.78, 5) is 10.4. The third-order valence-electron chi connectivity index (χ3n) is 3.58.